The largest absolute Gasteiger partial charge is 0.387 e. The zero-order valence-corrected chi connectivity index (χ0v) is 12.0. The Morgan fingerprint density at radius 3 is 2.47 bits per heavy atom. The summed E-state index contributed by atoms with van der Waals surface area (Å²) >= 11 is 0. The van der Waals surface area contributed by atoms with Gasteiger partial charge in [0, 0.05) is 13.1 Å². The maximum Gasteiger partial charge on any atom is 0.243 e. The molecule has 106 valence electrons. The highest BCUT2D eigenvalue weighted by atomic mass is 32.2. The molecule has 7 heteroatoms. The lowest BCUT2D eigenvalue weighted by molar-refractivity contribution is -0.120. The summed E-state index contributed by atoms with van der Waals surface area (Å²) in [6.45, 7) is 3.34. The zero-order valence-electron chi connectivity index (χ0n) is 11.2. The minimum atomic E-state index is -3.71. The van der Waals surface area contributed by atoms with Crippen molar-refractivity contribution < 1.29 is 13.2 Å². The van der Waals surface area contributed by atoms with Gasteiger partial charge in [0.1, 0.15) is 4.90 Å². The summed E-state index contributed by atoms with van der Waals surface area (Å²) in [7, 11) is -2.07. The van der Waals surface area contributed by atoms with Crippen LogP contribution in [-0.2, 0) is 14.8 Å². The van der Waals surface area contributed by atoms with Crippen LogP contribution in [0.2, 0.25) is 0 Å². The van der Waals surface area contributed by atoms with Gasteiger partial charge < -0.3 is 10.6 Å². The number of hydrogen-bond donors (Lipinski definition) is 3. The summed E-state index contributed by atoms with van der Waals surface area (Å²) in [5.74, 6) is -0.361. The highest BCUT2D eigenvalue weighted by molar-refractivity contribution is 7.89. The Hall–Kier alpha value is -1.60. The van der Waals surface area contributed by atoms with Crippen LogP contribution in [0, 0.1) is 0 Å². The molecule has 0 heterocycles. The number of carbonyl (C=O) groups is 1. The molecule has 0 aliphatic heterocycles. The second kappa shape index (κ2) is 6.53. The molecule has 3 N–H and O–H groups in total. The van der Waals surface area contributed by atoms with Crippen LogP contribution in [0.3, 0.4) is 0 Å². The second-order valence-electron chi connectivity index (χ2n) is 4.29. The molecule has 19 heavy (non-hydrogen) atoms. The molecule has 0 fully saturated rings. The highest BCUT2D eigenvalue weighted by Crippen LogP contribution is 2.19. The summed E-state index contributed by atoms with van der Waals surface area (Å²) in [6.07, 6.45) is 0. The number of anilines is 1. The molecule has 0 spiro atoms. The van der Waals surface area contributed by atoms with Gasteiger partial charge in [0.25, 0.3) is 0 Å². The Morgan fingerprint density at radius 1 is 1.26 bits per heavy atom. The van der Waals surface area contributed by atoms with E-state index in [1.807, 2.05) is 13.8 Å². The van der Waals surface area contributed by atoms with Crippen molar-refractivity contribution in [3.8, 4) is 0 Å². The molecule has 0 unspecified atom stereocenters. The van der Waals surface area contributed by atoms with Crippen LogP contribution in [0.15, 0.2) is 29.2 Å². The molecule has 0 atom stereocenters. The predicted molar refractivity (Wildman–Crippen MR) is 74.5 cm³/mol. The first-order valence-electron chi connectivity index (χ1n) is 5.92. The van der Waals surface area contributed by atoms with Gasteiger partial charge in [-0.15, -0.1) is 0 Å². The quantitative estimate of drug-likeness (QED) is 0.711. The number of para-hydroxylation sites is 1. The van der Waals surface area contributed by atoms with E-state index in [-0.39, 0.29) is 23.4 Å². The van der Waals surface area contributed by atoms with Gasteiger partial charge in [-0.3, -0.25) is 4.79 Å². The third-order valence-electron chi connectivity index (χ3n) is 2.32. The van der Waals surface area contributed by atoms with Gasteiger partial charge in [-0.05, 0) is 26.0 Å². The monoisotopic (exact) mass is 285 g/mol. The fraction of sp³-hybridized carbons (Fsp3) is 0.417. The van der Waals surface area contributed by atoms with Crippen molar-refractivity contribution in [2.45, 2.75) is 24.8 Å². The van der Waals surface area contributed by atoms with E-state index >= 15 is 0 Å². The average Bonchev–Trinajstić information content (AvgIpc) is 2.36. The molecule has 6 nitrogen and oxygen atoms in total. The van der Waals surface area contributed by atoms with E-state index in [9.17, 15) is 13.2 Å². The van der Waals surface area contributed by atoms with Crippen LogP contribution in [0.1, 0.15) is 13.8 Å². The van der Waals surface area contributed by atoms with E-state index in [1.54, 1.807) is 25.2 Å². The van der Waals surface area contributed by atoms with Crippen molar-refractivity contribution in [2.75, 3.05) is 18.9 Å². The number of carbonyl (C=O) groups excluding carboxylic acids is 1. The Kier molecular flexibility index (Phi) is 5.31. The predicted octanol–water partition coefficient (Wildman–Crippen LogP) is 0.531. The molecule has 1 aromatic rings. The molecule has 0 saturated heterocycles. The van der Waals surface area contributed by atoms with Gasteiger partial charge in [0.15, 0.2) is 0 Å². The van der Waals surface area contributed by atoms with Crippen LogP contribution in [0.4, 0.5) is 5.69 Å². The van der Waals surface area contributed by atoms with Gasteiger partial charge in [0.05, 0.1) is 12.2 Å². The van der Waals surface area contributed by atoms with Gasteiger partial charge in [0.2, 0.25) is 15.9 Å². The lowest BCUT2D eigenvalue weighted by Crippen LogP contribution is -2.39. The summed E-state index contributed by atoms with van der Waals surface area (Å²) in [6, 6.07) is 6.47. The van der Waals surface area contributed by atoms with Crippen LogP contribution in [0.5, 0.6) is 0 Å². The van der Waals surface area contributed by atoms with E-state index in [0.29, 0.717) is 5.69 Å². The van der Waals surface area contributed by atoms with Gasteiger partial charge in [-0.1, -0.05) is 12.1 Å². The van der Waals surface area contributed by atoms with E-state index in [2.05, 4.69) is 15.4 Å². The first-order valence-corrected chi connectivity index (χ1v) is 7.41. The van der Waals surface area contributed by atoms with E-state index in [4.69, 9.17) is 0 Å². The highest BCUT2D eigenvalue weighted by Gasteiger charge is 2.18. The van der Waals surface area contributed by atoms with Crippen LogP contribution in [-0.4, -0.2) is 34.0 Å². The minimum Gasteiger partial charge on any atom is -0.387 e. The SMILES string of the molecule is CNc1ccccc1S(=O)(=O)NCC(=O)NC(C)C. The Morgan fingerprint density at radius 2 is 1.89 bits per heavy atom. The number of nitrogens with one attached hydrogen (secondary N) is 3. The molecule has 1 amide bonds. The molecule has 0 aromatic heterocycles. The summed E-state index contributed by atoms with van der Waals surface area (Å²) in [5.41, 5.74) is 0.485. The minimum absolute atomic E-state index is 0.0263. The Balaban J connectivity index is 2.79. The third kappa shape index (κ3) is 4.53. The fourth-order valence-corrected chi connectivity index (χ4v) is 2.71. The van der Waals surface area contributed by atoms with Crippen LogP contribution in [0.25, 0.3) is 0 Å². The number of sulfonamides is 1. The average molecular weight is 285 g/mol. The molecular weight excluding hydrogens is 266 g/mol. The van der Waals surface area contributed by atoms with Crippen molar-refractivity contribution >= 4 is 21.6 Å². The lowest BCUT2D eigenvalue weighted by Gasteiger charge is -2.12. The molecule has 0 saturated carbocycles. The first kappa shape index (κ1) is 15.5. The van der Waals surface area contributed by atoms with E-state index in [1.165, 1.54) is 6.07 Å². The van der Waals surface area contributed by atoms with E-state index < -0.39 is 10.0 Å². The van der Waals surface area contributed by atoms with Crippen molar-refractivity contribution in [3.05, 3.63) is 24.3 Å². The third-order valence-corrected chi connectivity index (χ3v) is 3.78. The maximum atomic E-state index is 12.1. The van der Waals surface area contributed by atoms with Crippen molar-refractivity contribution in [3.63, 3.8) is 0 Å². The summed E-state index contributed by atoms with van der Waals surface area (Å²) < 4.78 is 26.4. The Labute approximate surface area is 113 Å². The van der Waals surface area contributed by atoms with Crippen molar-refractivity contribution in [1.82, 2.24) is 10.0 Å². The molecule has 0 aliphatic carbocycles. The molecule has 0 bridgehead atoms. The normalized spacial score (nSPS) is 11.4. The number of benzene rings is 1. The number of rotatable bonds is 6. The summed E-state index contributed by atoms with van der Waals surface area (Å²) in [4.78, 5) is 11.6. The van der Waals surface area contributed by atoms with Crippen LogP contribution < -0.4 is 15.4 Å². The standard InChI is InChI=1S/C12H19N3O3S/c1-9(2)15-12(16)8-14-19(17,18)11-7-5-4-6-10(11)13-3/h4-7,9,13-14H,8H2,1-3H3,(H,15,16). The molecule has 0 radical (unpaired) electrons. The molecule has 1 rings (SSSR count). The Bertz CT molecular complexity index is 541. The zero-order chi connectivity index (χ0) is 14.5. The molecule has 1 aromatic carbocycles. The number of amides is 1. The second-order valence-corrected chi connectivity index (χ2v) is 6.03. The van der Waals surface area contributed by atoms with Crippen molar-refractivity contribution in [1.29, 1.82) is 0 Å². The van der Waals surface area contributed by atoms with Crippen molar-refractivity contribution in [2.24, 2.45) is 0 Å². The summed E-state index contributed by atoms with van der Waals surface area (Å²) in [5, 5.41) is 5.42. The van der Waals surface area contributed by atoms with Gasteiger partial charge >= 0.3 is 0 Å². The van der Waals surface area contributed by atoms with Crippen LogP contribution >= 0.6 is 0 Å². The molecular formula is C12H19N3O3S. The fourth-order valence-electron chi connectivity index (χ4n) is 1.52. The van der Waals surface area contributed by atoms with Gasteiger partial charge in [-0.2, -0.15) is 0 Å². The topological polar surface area (TPSA) is 87.3 Å². The maximum absolute atomic E-state index is 12.1. The molecule has 0 aliphatic rings. The van der Waals surface area contributed by atoms with E-state index in [0.717, 1.165) is 0 Å². The first-order chi connectivity index (χ1) is 8.86. The lowest BCUT2D eigenvalue weighted by atomic mass is 10.3. The van der Waals surface area contributed by atoms with Gasteiger partial charge in [-0.25, -0.2) is 13.1 Å². The number of hydrogen-bond acceptors (Lipinski definition) is 4. The smallest absolute Gasteiger partial charge is 0.243 e.